The molecule has 7 heteroatoms. The molecule has 0 unspecified atom stereocenters. The maximum atomic E-state index is 4.89. The summed E-state index contributed by atoms with van der Waals surface area (Å²) >= 11 is -1.33. The molecule has 0 atom stereocenters. The van der Waals surface area contributed by atoms with E-state index in [1.165, 1.54) is 12.8 Å². The molecular formula is C8H15Cl4FeN2. The Balaban J connectivity index is 0. The first-order valence-corrected chi connectivity index (χ1v) is 8.80. The van der Waals surface area contributed by atoms with Crippen molar-refractivity contribution < 1.29 is 28.1 Å². The number of aromatic nitrogens is 2. The first-order chi connectivity index (χ1) is 6.56. The number of rotatable bonds is 3. The van der Waals surface area contributed by atoms with Crippen molar-refractivity contribution in [2.45, 2.75) is 26.3 Å². The number of hydrogen-bond acceptors (Lipinski definition) is 0. The van der Waals surface area contributed by atoms with Crippen LogP contribution in [0.15, 0.2) is 18.7 Å². The average Bonchev–Trinajstić information content (AvgIpc) is 2.47. The quantitative estimate of drug-likeness (QED) is 0.550. The van der Waals surface area contributed by atoms with Gasteiger partial charge < -0.3 is 12.4 Å². The predicted octanol–water partition coefficient (Wildman–Crippen LogP) is 0.183. The molecule has 93 valence electrons. The van der Waals surface area contributed by atoms with Crippen molar-refractivity contribution in [3.05, 3.63) is 18.7 Å². The second-order valence-corrected chi connectivity index (χ2v) is 8.29. The van der Waals surface area contributed by atoms with Crippen LogP contribution in [-0.2, 0) is 24.8 Å². The summed E-state index contributed by atoms with van der Waals surface area (Å²) in [6, 6.07) is 0. The molecule has 0 amide bonds. The molecule has 1 aromatic heterocycles. The number of unbranched alkanes of at least 4 members (excludes halogenated alkanes) is 1. The molecular weight excluding hydrogens is 322 g/mol. The van der Waals surface area contributed by atoms with Gasteiger partial charge >= 0.3 is 41.5 Å². The van der Waals surface area contributed by atoms with E-state index in [0.29, 0.717) is 0 Å². The Morgan fingerprint density at radius 3 is 2.20 bits per heavy atom. The van der Waals surface area contributed by atoms with Crippen LogP contribution >= 0.6 is 30.3 Å². The minimum atomic E-state index is -1.33. The molecule has 0 bridgehead atoms. The predicted molar refractivity (Wildman–Crippen MR) is 58.1 cm³/mol. The van der Waals surface area contributed by atoms with Crippen LogP contribution < -0.4 is 17.0 Å². The van der Waals surface area contributed by atoms with Crippen LogP contribution in [0.25, 0.3) is 0 Å². The van der Waals surface area contributed by atoms with E-state index in [1.807, 2.05) is 7.05 Å². The Labute approximate surface area is 114 Å². The first kappa shape index (κ1) is 18.3. The van der Waals surface area contributed by atoms with Gasteiger partial charge in [0.1, 0.15) is 12.4 Å². The monoisotopic (exact) mass is 335 g/mol. The molecule has 0 spiro atoms. The molecule has 0 aliphatic rings. The molecule has 0 fully saturated rings. The van der Waals surface area contributed by atoms with Gasteiger partial charge in [0, 0.05) is 0 Å². The Hall–Kier alpha value is 0.889. The van der Waals surface area contributed by atoms with Gasteiger partial charge in [0.2, 0.25) is 6.33 Å². The summed E-state index contributed by atoms with van der Waals surface area (Å²) in [5, 5.41) is 0. The van der Waals surface area contributed by atoms with E-state index in [9.17, 15) is 0 Å². The molecule has 0 aliphatic heterocycles. The molecule has 0 radical (unpaired) electrons. The minimum absolute atomic E-state index is 0. The van der Waals surface area contributed by atoms with Crippen molar-refractivity contribution in [2.24, 2.45) is 7.05 Å². The summed E-state index contributed by atoms with van der Waals surface area (Å²) in [7, 11) is 16.7. The van der Waals surface area contributed by atoms with Crippen LogP contribution in [0.1, 0.15) is 19.8 Å². The summed E-state index contributed by atoms with van der Waals surface area (Å²) < 4.78 is 4.28. The van der Waals surface area contributed by atoms with E-state index in [-0.39, 0.29) is 12.4 Å². The van der Waals surface area contributed by atoms with E-state index >= 15 is 0 Å². The van der Waals surface area contributed by atoms with Crippen LogP contribution in [0.2, 0.25) is 0 Å². The zero-order valence-electron chi connectivity index (χ0n) is 8.61. The van der Waals surface area contributed by atoms with Crippen molar-refractivity contribution in [3.63, 3.8) is 0 Å². The van der Waals surface area contributed by atoms with Crippen molar-refractivity contribution in [2.75, 3.05) is 0 Å². The van der Waals surface area contributed by atoms with E-state index in [2.05, 4.69) is 34.8 Å². The van der Waals surface area contributed by atoms with Gasteiger partial charge in [-0.05, 0) is 6.42 Å². The van der Waals surface area contributed by atoms with Gasteiger partial charge in [-0.15, -0.1) is 0 Å². The van der Waals surface area contributed by atoms with Crippen LogP contribution in [0, 0.1) is 0 Å². The molecule has 0 saturated carbocycles. The fourth-order valence-corrected chi connectivity index (χ4v) is 0.975. The third-order valence-electron chi connectivity index (χ3n) is 1.59. The fourth-order valence-electron chi connectivity index (χ4n) is 0.975. The van der Waals surface area contributed by atoms with Crippen molar-refractivity contribution in [1.82, 2.24) is 4.57 Å². The Morgan fingerprint density at radius 2 is 1.87 bits per heavy atom. The molecule has 2 nitrogen and oxygen atoms in total. The van der Waals surface area contributed by atoms with Gasteiger partial charge in [0.05, 0.1) is 13.6 Å². The number of aryl methyl sites for hydroxylation is 2. The Bertz CT molecular complexity index is 240. The second-order valence-electron chi connectivity index (χ2n) is 2.82. The van der Waals surface area contributed by atoms with Gasteiger partial charge in [-0.1, -0.05) is 13.3 Å². The number of nitrogens with zero attached hydrogens (tertiary/aromatic N) is 2. The molecule has 1 rings (SSSR count). The van der Waals surface area contributed by atoms with Crippen molar-refractivity contribution in [1.29, 1.82) is 0 Å². The third-order valence-corrected chi connectivity index (χ3v) is 1.59. The van der Waals surface area contributed by atoms with Gasteiger partial charge in [-0.2, -0.15) is 0 Å². The van der Waals surface area contributed by atoms with Crippen LogP contribution in [0.4, 0.5) is 0 Å². The summed E-state index contributed by atoms with van der Waals surface area (Å²) in [5.41, 5.74) is 0. The van der Waals surface area contributed by atoms with Gasteiger partial charge in [-0.25, -0.2) is 9.13 Å². The summed E-state index contributed by atoms with van der Waals surface area (Å²) in [6.45, 7) is 3.36. The van der Waals surface area contributed by atoms with Gasteiger partial charge in [-0.3, -0.25) is 0 Å². The zero-order valence-corrected chi connectivity index (χ0v) is 12.7. The normalized spacial score (nSPS) is 9.80. The molecule has 15 heavy (non-hydrogen) atoms. The standard InChI is InChI=1S/C8H15N2.4ClH.Fe/c1-3-4-5-10-7-6-9(2)8-10;;;;;/h6-8H,3-5H2,1-2H3;4*1H;/q+1;;;;;+3/p-4. The molecule has 0 aromatic carbocycles. The maximum absolute atomic E-state index is 4.89. The van der Waals surface area contributed by atoms with Gasteiger partial charge in [0.15, 0.2) is 0 Å². The van der Waals surface area contributed by atoms with Crippen molar-refractivity contribution in [3.8, 4) is 0 Å². The number of hydrogen-bond donors (Lipinski definition) is 0. The molecule has 1 aromatic rings. The van der Waals surface area contributed by atoms with Crippen LogP contribution in [0.5, 0.6) is 0 Å². The number of imidazole rings is 1. The second kappa shape index (κ2) is 11.4. The van der Waals surface area contributed by atoms with E-state index in [0.717, 1.165) is 6.54 Å². The van der Waals surface area contributed by atoms with E-state index in [1.54, 1.807) is 0 Å². The Morgan fingerprint density at radius 1 is 1.33 bits per heavy atom. The van der Waals surface area contributed by atoms with Gasteiger partial charge in [0.25, 0.3) is 0 Å². The van der Waals surface area contributed by atoms with Crippen molar-refractivity contribution >= 4 is 30.3 Å². The molecule has 0 saturated heterocycles. The number of halogens is 4. The van der Waals surface area contributed by atoms with E-state index in [4.69, 9.17) is 30.3 Å². The van der Waals surface area contributed by atoms with Crippen LogP contribution in [-0.4, -0.2) is 4.57 Å². The molecule has 1 heterocycles. The zero-order chi connectivity index (χ0) is 11.0. The summed E-state index contributed by atoms with van der Waals surface area (Å²) in [6.07, 6.45) is 8.82. The first-order valence-electron chi connectivity index (χ1n) is 4.24. The average molecular weight is 337 g/mol. The SMILES string of the molecule is CCCCn1cc[n+](C)c1.[Cl-].[Cl][Fe]([Cl])[Cl]. The molecule has 0 aliphatic carbocycles. The summed E-state index contributed by atoms with van der Waals surface area (Å²) in [5.74, 6) is 0. The fraction of sp³-hybridized carbons (Fsp3) is 0.625. The molecule has 0 N–H and O–H groups in total. The van der Waals surface area contributed by atoms with Crippen LogP contribution in [0.3, 0.4) is 0 Å². The van der Waals surface area contributed by atoms with E-state index < -0.39 is 11.2 Å². The summed E-state index contributed by atoms with van der Waals surface area (Å²) in [4.78, 5) is 0. The Kier molecular flexibility index (Phi) is 13.8. The third kappa shape index (κ3) is 12.8. The topological polar surface area (TPSA) is 8.81 Å².